The number of nitrogens with one attached hydrogen (secondary N) is 3. The molecule has 1 saturated heterocycles. The molecule has 0 bridgehead atoms. The molecule has 1 aromatic rings. The Balaban J connectivity index is 1.68. The Morgan fingerprint density at radius 3 is 2.96 bits per heavy atom. The lowest BCUT2D eigenvalue weighted by molar-refractivity contribution is -0.164. The summed E-state index contributed by atoms with van der Waals surface area (Å²) in [7, 11) is 0. The second-order valence-corrected chi connectivity index (χ2v) is 6.00. The monoisotopic (exact) mass is 345 g/mol. The maximum absolute atomic E-state index is 12.5. The number of rotatable bonds is 3. The first-order valence-corrected chi connectivity index (χ1v) is 7.78. The summed E-state index contributed by atoms with van der Waals surface area (Å²) in [5.41, 5.74) is 1.81. The van der Waals surface area contributed by atoms with Gasteiger partial charge in [0, 0.05) is 37.3 Å². The van der Waals surface area contributed by atoms with Gasteiger partial charge in [-0.3, -0.25) is 14.7 Å². The van der Waals surface area contributed by atoms with Crippen LogP contribution in [0.3, 0.4) is 0 Å². The molecule has 0 radical (unpaired) electrons. The zero-order valence-corrected chi connectivity index (χ0v) is 12.9. The topological polar surface area (TPSA) is 90.1 Å². The van der Waals surface area contributed by atoms with E-state index >= 15 is 0 Å². The fraction of sp³-hybridized carbons (Fsp3) is 0.643. The second-order valence-electron chi connectivity index (χ2n) is 6.00. The van der Waals surface area contributed by atoms with E-state index in [1.54, 1.807) is 0 Å². The SMILES string of the molecule is O=C(NC1CCCN(CC(F)(F)F)C1=O)c1n[nH]c2c1CNCC2. The maximum Gasteiger partial charge on any atom is 0.406 e. The minimum Gasteiger partial charge on any atom is -0.339 e. The molecule has 3 rings (SSSR count). The van der Waals surface area contributed by atoms with Crippen LogP contribution >= 0.6 is 0 Å². The third kappa shape index (κ3) is 3.53. The smallest absolute Gasteiger partial charge is 0.339 e. The van der Waals surface area contributed by atoms with Gasteiger partial charge in [0.1, 0.15) is 12.6 Å². The van der Waals surface area contributed by atoms with Crippen LogP contribution in [0, 0.1) is 0 Å². The van der Waals surface area contributed by atoms with Crippen molar-refractivity contribution in [2.24, 2.45) is 0 Å². The number of amides is 2. The van der Waals surface area contributed by atoms with Gasteiger partial charge in [0.2, 0.25) is 5.91 Å². The minimum atomic E-state index is -4.45. The van der Waals surface area contributed by atoms with E-state index in [0.29, 0.717) is 19.4 Å². The highest BCUT2D eigenvalue weighted by Gasteiger charge is 2.38. The van der Waals surface area contributed by atoms with Gasteiger partial charge in [-0.2, -0.15) is 18.3 Å². The minimum absolute atomic E-state index is 0.0481. The molecular weight excluding hydrogens is 327 g/mol. The van der Waals surface area contributed by atoms with Crippen LogP contribution in [0.25, 0.3) is 0 Å². The average Bonchev–Trinajstić information content (AvgIpc) is 2.94. The molecule has 2 amide bonds. The van der Waals surface area contributed by atoms with Crippen LogP contribution in [0.2, 0.25) is 0 Å². The Labute approximate surface area is 136 Å². The normalized spacial score (nSPS) is 21.5. The van der Waals surface area contributed by atoms with Crippen molar-refractivity contribution in [1.29, 1.82) is 0 Å². The summed E-state index contributed by atoms with van der Waals surface area (Å²) in [6.07, 6.45) is -3.00. The van der Waals surface area contributed by atoms with Crippen LogP contribution in [0.4, 0.5) is 13.2 Å². The highest BCUT2D eigenvalue weighted by molar-refractivity contribution is 5.97. The number of nitrogens with zero attached hydrogens (tertiary/aromatic N) is 2. The lowest BCUT2D eigenvalue weighted by atomic mass is 10.0. The Bertz CT molecular complexity index is 643. The average molecular weight is 345 g/mol. The summed E-state index contributed by atoms with van der Waals surface area (Å²) in [4.78, 5) is 25.3. The van der Waals surface area contributed by atoms with Crippen molar-refractivity contribution in [2.45, 2.75) is 38.0 Å². The second kappa shape index (κ2) is 6.42. The van der Waals surface area contributed by atoms with E-state index in [-0.39, 0.29) is 12.2 Å². The number of carbonyl (C=O) groups excluding carboxylic acids is 2. The number of H-pyrrole nitrogens is 1. The van der Waals surface area contributed by atoms with E-state index in [2.05, 4.69) is 20.8 Å². The molecular formula is C14H18F3N5O2. The van der Waals surface area contributed by atoms with E-state index < -0.39 is 30.6 Å². The van der Waals surface area contributed by atoms with Gasteiger partial charge in [0.15, 0.2) is 5.69 Å². The van der Waals surface area contributed by atoms with Gasteiger partial charge >= 0.3 is 6.18 Å². The zero-order valence-electron chi connectivity index (χ0n) is 12.9. The number of halogens is 3. The summed E-state index contributed by atoms with van der Waals surface area (Å²) in [6.45, 7) is 0.0313. The quantitative estimate of drug-likeness (QED) is 0.737. The Kier molecular flexibility index (Phi) is 4.48. The van der Waals surface area contributed by atoms with E-state index in [1.165, 1.54) is 0 Å². The van der Waals surface area contributed by atoms with Gasteiger partial charge in [0.25, 0.3) is 5.91 Å². The van der Waals surface area contributed by atoms with Crippen molar-refractivity contribution in [1.82, 2.24) is 25.7 Å². The highest BCUT2D eigenvalue weighted by Crippen LogP contribution is 2.21. The lowest BCUT2D eigenvalue weighted by Gasteiger charge is -2.33. The molecule has 1 fully saturated rings. The molecule has 0 saturated carbocycles. The standard InChI is InChI=1S/C14H18F3N5O2/c15-14(16,17)7-22-5-1-2-10(13(22)24)19-12(23)11-8-6-18-4-3-9(8)20-21-11/h10,18H,1-7H2,(H,19,23)(H,20,21). The van der Waals surface area contributed by atoms with Gasteiger partial charge in [-0.15, -0.1) is 0 Å². The van der Waals surface area contributed by atoms with Crippen LogP contribution in [0.1, 0.15) is 34.6 Å². The van der Waals surface area contributed by atoms with E-state index in [0.717, 1.165) is 29.1 Å². The van der Waals surface area contributed by atoms with Crippen molar-refractivity contribution in [3.63, 3.8) is 0 Å². The highest BCUT2D eigenvalue weighted by atomic mass is 19.4. The number of piperidine rings is 1. The molecule has 10 heteroatoms. The van der Waals surface area contributed by atoms with Crippen LogP contribution < -0.4 is 10.6 Å². The molecule has 24 heavy (non-hydrogen) atoms. The third-order valence-electron chi connectivity index (χ3n) is 4.23. The van der Waals surface area contributed by atoms with E-state index in [1.807, 2.05) is 0 Å². The molecule has 7 nitrogen and oxygen atoms in total. The first-order valence-electron chi connectivity index (χ1n) is 7.78. The van der Waals surface area contributed by atoms with Crippen molar-refractivity contribution < 1.29 is 22.8 Å². The number of aromatic nitrogens is 2. The molecule has 0 spiro atoms. The van der Waals surface area contributed by atoms with Crippen LogP contribution in [0.5, 0.6) is 0 Å². The fourth-order valence-electron chi connectivity index (χ4n) is 3.09. The molecule has 3 N–H and O–H groups in total. The summed E-state index contributed by atoms with van der Waals surface area (Å²) in [5.74, 6) is -1.24. The summed E-state index contributed by atoms with van der Waals surface area (Å²) in [6, 6.07) is -0.947. The van der Waals surface area contributed by atoms with Crippen LogP contribution in [-0.2, 0) is 17.8 Å². The summed E-state index contributed by atoms with van der Waals surface area (Å²) >= 11 is 0. The number of alkyl halides is 3. The third-order valence-corrected chi connectivity index (χ3v) is 4.23. The Hall–Kier alpha value is -2.10. The molecule has 2 aliphatic rings. The number of carbonyl (C=O) groups is 2. The van der Waals surface area contributed by atoms with Crippen molar-refractivity contribution >= 4 is 11.8 Å². The molecule has 1 aromatic heterocycles. The molecule has 0 aliphatic carbocycles. The summed E-state index contributed by atoms with van der Waals surface area (Å²) in [5, 5.41) is 12.4. The number of hydrogen-bond donors (Lipinski definition) is 3. The van der Waals surface area contributed by atoms with Gasteiger partial charge in [-0.25, -0.2) is 0 Å². The zero-order chi connectivity index (χ0) is 17.3. The predicted molar refractivity (Wildman–Crippen MR) is 77.1 cm³/mol. The molecule has 3 heterocycles. The fourth-order valence-corrected chi connectivity index (χ4v) is 3.09. The van der Waals surface area contributed by atoms with Crippen LogP contribution in [-0.4, -0.2) is 58.8 Å². The Morgan fingerprint density at radius 2 is 2.21 bits per heavy atom. The molecule has 0 aromatic carbocycles. The van der Waals surface area contributed by atoms with Crippen molar-refractivity contribution in [2.75, 3.05) is 19.6 Å². The number of fused-ring (bicyclic) bond motifs is 1. The number of hydrogen-bond acceptors (Lipinski definition) is 4. The van der Waals surface area contributed by atoms with E-state index in [4.69, 9.17) is 0 Å². The van der Waals surface area contributed by atoms with E-state index in [9.17, 15) is 22.8 Å². The van der Waals surface area contributed by atoms with Gasteiger partial charge in [-0.05, 0) is 12.8 Å². The predicted octanol–water partition coefficient (Wildman–Crippen LogP) is 0.338. The van der Waals surface area contributed by atoms with Crippen molar-refractivity contribution in [3.8, 4) is 0 Å². The molecule has 1 atom stereocenters. The van der Waals surface area contributed by atoms with Gasteiger partial charge < -0.3 is 15.5 Å². The van der Waals surface area contributed by atoms with Gasteiger partial charge in [0.05, 0.1) is 0 Å². The number of likely N-dealkylation sites (tertiary alicyclic amines) is 1. The molecule has 132 valence electrons. The molecule has 2 aliphatic heterocycles. The molecule has 1 unspecified atom stereocenters. The first-order chi connectivity index (χ1) is 11.3. The largest absolute Gasteiger partial charge is 0.406 e. The first kappa shape index (κ1) is 16.7. The number of aromatic amines is 1. The van der Waals surface area contributed by atoms with Crippen molar-refractivity contribution in [3.05, 3.63) is 17.0 Å². The maximum atomic E-state index is 12.5. The van der Waals surface area contributed by atoms with Crippen LogP contribution in [0.15, 0.2) is 0 Å². The Morgan fingerprint density at radius 1 is 1.42 bits per heavy atom. The lowest BCUT2D eigenvalue weighted by Crippen LogP contribution is -2.54. The van der Waals surface area contributed by atoms with Gasteiger partial charge in [-0.1, -0.05) is 0 Å². The summed E-state index contributed by atoms with van der Waals surface area (Å²) < 4.78 is 37.5.